The quantitative estimate of drug-likeness (QED) is 0.378. The Morgan fingerprint density at radius 2 is 1.85 bits per heavy atom. The van der Waals surface area contributed by atoms with E-state index in [4.69, 9.17) is 9.47 Å². The van der Waals surface area contributed by atoms with Gasteiger partial charge >= 0.3 is 0 Å². The minimum absolute atomic E-state index is 0.182. The summed E-state index contributed by atoms with van der Waals surface area (Å²) in [6, 6.07) is 7.52. The number of rotatable bonds is 12. The largest absolute Gasteiger partial charge is 0.394 e. The third-order valence-corrected chi connectivity index (χ3v) is 9.18. The van der Waals surface area contributed by atoms with E-state index in [1.807, 2.05) is 30.3 Å². The van der Waals surface area contributed by atoms with Crippen molar-refractivity contribution in [1.29, 1.82) is 0 Å². The molecule has 4 aliphatic heterocycles. The predicted molar refractivity (Wildman–Crippen MR) is 153 cm³/mol. The van der Waals surface area contributed by atoms with Gasteiger partial charge in [0.15, 0.2) is 0 Å². The van der Waals surface area contributed by atoms with Crippen molar-refractivity contribution < 1.29 is 29.0 Å². The van der Waals surface area contributed by atoms with E-state index in [9.17, 15) is 19.5 Å². The summed E-state index contributed by atoms with van der Waals surface area (Å²) in [6.45, 7) is 11.9. The van der Waals surface area contributed by atoms with Crippen molar-refractivity contribution in [3.05, 3.63) is 61.2 Å². The summed E-state index contributed by atoms with van der Waals surface area (Å²) in [5, 5.41) is 10.7. The van der Waals surface area contributed by atoms with Gasteiger partial charge in [-0.25, -0.2) is 0 Å². The molecule has 1 spiro atoms. The third kappa shape index (κ3) is 5.22. The first-order valence-corrected chi connectivity index (χ1v) is 14.6. The molecule has 6 atom stereocenters. The second-order valence-corrected chi connectivity index (χ2v) is 11.4. The molecule has 4 saturated heterocycles. The molecule has 10 nitrogen and oxygen atoms in total. The predicted octanol–water partition coefficient (Wildman–Crippen LogP) is 1.09. The number of fused-ring (bicyclic) bond motifs is 1. The molecule has 0 aromatic heterocycles. The molecule has 0 saturated carbocycles. The molecule has 0 aliphatic carbocycles. The van der Waals surface area contributed by atoms with Gasteiger partial charge in [-0.3, -0.25) is 19.3 Å². The fourth-order valence-corrected chi connectivity index (χ4v) is 7.26. The van der Waals surface area contributed by atoms with Crippen LogP contribution < -0.4 is 0 Å². The van der Waals surface area contributed by atoms with Crippen LogP contribution >= 0.6 is 0 Å². The van der Waals surface area contributed by atoms with Crippen LogP contribution in [0, 0.1) is 11.8 Å². The van der Waals surface area contributed by atoms with Crippen molar-refractivity contribution in [3.8, 4) is 0 Å². The number of benzene rings is 1. The van der Waals surface area contributed by atoms with Gasteiger partial charge in [0.25, 0.3) is 0 Å². The summed E-state index contributed by atoms with van der Waals surface area (Å²) in [5.41, 5.74) is -0.420. The summed E-state index contributed by atoms with van der Waals surface area (Å²) in [7, 11) is 1.69. The van der Waals surface area contributed by atoms with E-state index < -0.39 is 35.6 Å². The molecule has 222 valence electrons. The second-order valence-electron chi connectivity index (χ2n) is 11.4. The first-order valence-electron chi connectivity index (χ1n) is 14.6. The van der Waals surface area contributed by atoms with E-state index in [-0.39, 0.29) is 24.3 Å². The Hall–Kier alpha value is -3.05. The van der Waals surface area contributed by atoms with E-state index >= 15 is 0 Å². The Morgan fingerprint density at radius 1 is 1.15 bits per heavy atom. The van der Waals surface area contributed by atoms with Crippen molar-refractivity contribution in [2.45, 2.75) is 36.6 Å². The van der Waals surface area contributed by atoms with Crippen molar-refractivity contribution in [1.82, 2.24) is 19.6 Å². The minimum Gasteiger partial charge on any atom is -0.394 e. The molecule has 10 heteroatoms. The van der Waals surface area contributed by atoms with Gasteiger partial charge in [-0.05, 0) is 18.4 Å². The van der Waals surface area contributed by atoms with Crippen molar-refractivity contribution in [2.24, 2.45) is 11.8 Å². The number of ether oxygens (including phenoxy) is 2. The van der Waals surface area contributed by atoms with Crippen LogP contribution in [0.1, 0.15) is 24.4 Å². The van der Waals surface area contributed by atoms with E-state index in [1.54, 1.807) is 29.0 Å². The smallest absolute Gasteiger partial charge is 0.248 e. The average Bonchev–Trinajstić information content (AvgIpc) is 3.64. The zero-order valence-electron chi connectivity index (χ0n) is 23.9. The average molecular weight is 567 g/mol. The maximum Gasteiger partial charge on any atom is 0.248 e. The van der Waals surface area contributed by atoms with Crippen molar-refractivity contribution in [2.75, 3.05) is 66.1 Å². The summed E-state index contributed by atoms with van der Waals surface area (Å²) < 4.78 is 12.1. The molecule has 0 radical (unpaired) electrons. The van der Waals surface area contributed by atoms with Gasteiger partial charge in [0.1, 0.15) is 11.6 Å². The molecular formula is C31H42N4O6. The van der Waals surface area contributed by atoms with Crippen LogP contribution in [-0.2, 0) is 23.9 Å². The normalized spacial score (nSPS) is 29.7. The molecule has 2 bridgehead atoms. The SMILES string of the molecule is C=CCN(C)C(=O)[C@@H]1[C@@H]2CCC3(O2)C(C(=O)N(CC=C)CCN2CCOCC2)N([C@H](CO)c2ccccc2)C(=O)[C@H]13. The van der Waals surface area contributed by atoms with E-state index in [1.165, 1.54) is 4.90 Å². The zero-order valence-corrected chi connectivity index (χ0v) is 23.9. The summed E-state index contributed by atoms with van der Waals surface area (Å²) in [6.07, 6.45) is 3.98. The van der Waals surface area contributed by atoms with E-state index in [2.05, 4.69) is 18.1 Å². The Balaban J connectivity index is 1.53. The topological polar surface area (TPSA) is 103 Å². The van der Waals surface area contributed by atoms with Crippen LogP contribution in [0.2, 0.25) is 0 Å². The fraction of sp³-hybridized carbons (Fsp3) is 0.581. The third-order valence-electron chi connectivity index (χ3n) is 9.18. The van der Waals surface area contributed by atoms with Gasteiger partial charge in [-0.1, -0.05) is 42.5 Å². The van der Waals surface area contributed by atoms with Gasteiger partial charge in [0.2, 0.25) is 17.7 Å². The molecular weight excluding hydrogens is 524 g/mol. The van der Waals surface area contributed by atoms with Crippen molar-refractivity contribution in [3.63, 3.8) is 0 Å². The molecule has 1 aromatic rings. The highest BCUT2D eigenvalue weighted by molar-refractivity contribution is 5.99. The lowest BCUT2D eigenvalue weighted by molar-refractivity contribution is -0.152. The maximum atomic E-state index is 14.6. The lowest BCUT2D eigenvalue weighted by atomic mass is 9.70. The van der Waals surface area contributed by atoms with Crippen LogP contribution in [0.25, 0.3) is 0 Å². The van der Waals surface area contributed by atoms with Gasteiger partial charge in [-0.15, -0.1) is 13.2 Å². The van der Waals surface area contributed by atoms with Gasteiger partial charge in [-0.2, -0.15) is 0 Å². The summed E-state index contributed by atoms with van der Waals surface area (Å²) in [4.78, 5) is 49.9. The number of hydrogen-bond donors (Lipinski definition) is 1. The van der Waals surface area contributed by atoms with Crippen LogP contribution in [-0.4, -0.2) is 126 Å². The van der Waals surface area contributed by atoms with Gasteiger partial charge in [0.05, 0.1) is 43.8 Å². The number of carbonyl (C=O) groups excluding carboxylic acids is 3. The number of aliphatic hydroxyl groups is 1. The Labute approximate surface area is 242 Å². The Bertz CT molecular complexity index is 1140. The minimum atomic E-state index is -1.14. The number of morpholine rings is 1. The number of likely N-dealkylation sites (N-methyl/N-ethyl adjacent to an activating group) is 1. The molecule has 4 heterocycles. The first-order chi connectivity index (χ1) is 19.9. The Morgan fingerprint density at radius 3 is 2.51 bits per heavy atom. The lowest BCUT2D eigenvalue weighted by Gasteiger charge is -2.40. The highest BCUT2D eigenvalue weighted by atomic mass is 16.5. The van der Waals surface area contributed by atoms with Crippen LogP contribution in [0.5, 0.6) is 0 Å². The highest BCUT2D eigenvalue weighted by Crippen LogP contribution is 2.60. The number of likely N-dealkylation sites (tertiary alicyclic amines) is 1. The molecule has 4 fully saturated rings. The molecule has 4 aliphatic rings. The van der Waals surface area contributed by atoms with Gasteiger partial charge in [0, 0.05) is 46.3 Å². The maximum absolute atomic E-state index is 14.6. The first kappa shape index (κ1) is 29.4. The zero-order chi connectivity index (χ0) is 29.1. The highest BCUT2D eigenvalue weighted by Gasteiger charge is 2.75. The summed E-state index contributed by atoms with van der Waals surface area (Å²) >= 11 is 0. The van der Waals surface area contributed by atoms with Gasteiger partial charge < -0.3 is 29.3 Å². The number of aliphatic hydroxyl groups excluding tert-OH is 1. The van der Waals surface area contributed by atoms with Crippen LogP contribution in [0.15, 0.2) is 55.6 Å². The Kier molecular flexibility index (Phi) is 8.94. The number of hydrogen-bond acceptors (Lipinski definition) is 7. The molecule has 3 amide bonds. The van der Waals surface area contributed by atoms with Crippen LogP contribution in [0.4, 0.5) is 0 Å². The lowest BCUT2D eigenvalue weighted by Crippen LogP contribution is -2.58. The monoisotopic (exact) mass is 566 g/mol. The number of amides is 3. The number of nitrogens with zero attached hydrogens (tertiary/aromatic N) is 4. The molecule has 1 N–H and O–H groups in total. The van der Waals surface area contributed by atoms with Crippen LogP contribution in [0.3, 0.4) is 0 Å². The molecule has 2 unspecified atom stereocenters. The fourth-order valence-electron chi connectivity index (χ4n) is 7.26. The molecule has 1 aromatic carbocycles. The molecule has 5 rings (SSSR count). The molecule has 41 heavy (non-hydrogen) atoms. The van der Waals surface area contributed by atoms with Crippen molar-refractivity contribution >= 4 is 17.7 Å². The standard InChI is InChI=1S/C31H42N4O6/c1-4-13-32(3)28(37)25-24-11-12-31(41-24)26(25)29(38)35(23(21-36)22-9-7-6-8-10-22)27(31)30(39)34(14-5-2)16-15-33-17-19-40-20-18-33/h4-10,23-27,36H,1-2,11-21H2,3H3/t23-,24+,25-,26+,27?,31?/m1/s1. The van der Waals surface area contributed by atoms with E-state index in [0.717, 1.165) is 18.7 Å². The van der Waals surface area contributed by atoms with E-state index in [0.29, 0.717) is 52.2 Å². The second kappa shape index (κ2) is 12.4. The number of carbonyl (C=O) groups is 3. The summed E-state index contributed by atoms with van der Waals surface area (Å²) in [5.74, 6) is -2.24.